The predicted molar refractivity (Wildman–Crippen MR) is 109 cm³/mol. The second kappa shape index (κ2) is 8.16. The second-order valence-corrected chi connectivity index (χ2v) is 8.64. The monoisotopic (exact) mass is 416 g/mol. The van der Waals surface area contributed by atoms with E-state index < -0.39 is 21.6 Å². The number of hydrogen-bond acceptors (Lipinski definition) is 6. The highest BCUT2D eigenvalue weighted by atomic mass is 32.2. The molecular weight excluding hydrogens is 395 g/mol. The molecule has 0 unspecified atom stereocenters. The maximum Gasteiger partial charge on any atom is 0.341 e. The van der Waals surface area contributed by atoms with Crippen LogP contribution in [0.1, 0.15) is 28.4 Å². The van der Waals surface area contributed by atoms with Crippen LogP contribution in [0.3, 0.4) is 0 Å². The third kappa shape index (κ3) is 4.54. The Hall–Kier alpha value is -3.00. The molecule has 0 bridgehead atoms. The van der Waals surface area contributed by atoms with E-state index >= 15 is 0 Å². The number of hydrogen-bond donors (Lipinski definition) is 1. The maximum atomic E-state index is 13.8. The number of rotatable bonds is 6. The molecule has 0 amide bonds. The van der Waals surface area contributed by atoms with E-state index in [1.54, 1.807) is 32.0 Å². The summed E-state index contributed by atoms with van der Waals surface area (Å²) in [6, 6.07) is 9.16. The molecule has 0 atom stereocenters. The summed E-state index contributed by atoms with van der Waals surface area (Å²) in [5.74, 6) is -1.01. The number of halogens is 1. The third-order valence-corrected chi connectivity index (χ3v) is 5.69. The lowest BCUT2D eigenvalue weighted by Crippen LogP contribution is -2.11. The van der Waals surface area contributed by atoms with Crippen LogP contribution < -0.4 is 5.32 Å². The summed E-state index contributed by atoms with van der Waals surface area (Å²) in [4.78, 5) is 16.8. The number of pyridine rings is 1. The molecule has 0 fully saturated rings. The van der Waals surface area contributed by atoms with Gasteiger partial charge < -0.3 is 10.1 Å². The summed E-state index contributed by atoms with van der Waals surface area (Å²) in [5, 5.41) is 3.63. The third-order valence-electron chi connectivity index (χ3n) is 4.43. The van der Waals surface area contributed by atoms with Crippen LogP contribution >= 0.6 is 0 Å². The summed E-state index contributed by atoms with van der Waals surface area (Å²) >= 11 is 0. The van der Waals surface area contributed by atoms with E-state index in [1.807, 2.05) is 0 Å². The molecule has 0 aliphatic carbocycles. The van der Waals surface area contributed by atoms with Crippen molar-refractivity contribution in [1.29, 1.82) is 0 Å². The Balaban J connectivity index is 2.00. The molecule has 6 nitrogen and oxygen atoms in total. The minimum absolute atomic E-state index is 0.200. The number of ether oxygens (including phenoxy) is 1. The summed E-state index contributed by atoms with van der Waals surface area (Å²) in [5.41, 5.74) is 2.59. The van der Waals surface area contributed by atoms with Crippen molar-refractivity contribution < 1.29 is 22.3 Å². The highest BCUT2D eigenvalue weighted by molar-refractivity contribution is 7.90. The first-order valence-electron chi connectivity index (χ1n) is 8.99. The molecule has 1 heterocycles. The molecule has 3 aromatic rings. The first-order chi connectivity index (χ1) is 13.7. The molecule has 8 heteroatoms. The van der Waals surface area contributed by atoms with Gasteiger partial charge in [0.1, 0.15) is 11.4 Å². The minimum atomic E-state index is -3.31. The first-order valence-corrected chi connectivity index (χ1v) is 10.9. The van der Waals surface area contributed by atoms with E-state index in [-0.39, 0.29) is 17.1 Å². The normalized spacial score (nSPS) is 11.4. The number of anilines is 1. The Morgan fingerprint density at radius 1 is 1.21 bits per heavy atom. The average molecular weight is 416 g/mol. The molecule has 3 rings (SSSR count). The van der Waals surface area contributed by atoms with Gasteiger partial charge in [-0.2, -0.15) is 0 Å². The quantitative estimate of drug-likeness (QED) is 0.614. The highest BCUT2D eigenvalue weighted by Gasteiger charge is 2.17. The zero-order valence-corrected chi connectivity index (χ0v) is 17.1. The van der Waals surface area contributed by atoms with Gasteiger partial charge >= 0.3 is 5.97 Å². The lowest BCUT2D eigenvalue weighted by atomic mass is 10.1. The molecule has 0 spiro atoms. The first kappa shape index (κ1) is 20.7. The van der Waals surface area contributed by atoms with Gasteiger partial charge in [0.05, 0.1) is 22.7 Å². The zero-order valence-electron chi connectivity index (χ0n) is 16.3. The van der Waals surface area contributed by atoms with E-state index in [4.69, 9.17) is 4.74 Å². The number of benzene rings is 2. The van der Waals surface area contributed by atoms with Crippen LogP contribution in [0.15, 0.2) is 47.5 Å². The van der Waals surface area contributed by atoms with Gasteiger partial charge in [0.25, 0.3) is 0 Å². The van der Waals surface area contributed by atoms with E-state index in [9.17, 15) is 17.6 Å². The van der Waals surface area contributed by atoms with Gasteiger partial charge in [0.2, 0.25) is 0 Å². The molecule has 152 valence electrons. The van der Waals surface area contributed by atoms with Gasteiger partial charge in [-0.3, -0.25) is 4.98 Å². The molecule has 0 aliphatic heterocycles. The average Bonchev–Trinajstić information content (AvgIpc) is 2.65. The number of sulfone groups is 1. The molecule has 0 saturated heterocycles. The lowest BCUT2D eigenvalue weighted by Gasteiger charge is -2.15. The van der Waals surface area contributed by atoms with Crippen LogP contribution in [0.4, 0.5) is 10.1 Å². The Kier molecular flexibility index (Phi) is 5.83. The van der Waals surface area contributed by atoms with Crippen molar-refractivity contribution >= 4 is 32.4 Å². The molecule has 0 radical (unpaired) electrons. The number of carbonyl (C=O) groups excluding carboxylic acids is 1. The fourth-order valence-electron chi connectivity index (χ4n) is 3.15. The predicted octanol–water partition coefficient (Wildman–Crippen LogP) is 3.87. The Morgan fingerprint density at radius 2 is 1.97 bits per heavy atom. The van der Waals surface area contributed by atoms with Crippen LogP contribution in [-0.2, 0) is 21.1 Å². The minimum Gasteiger partial charge on any atom is -0.462 e. The van der Waals surface area contributed by atoms with Gasteiger partial charge in [-0.15, -0.1) is 0 Å². The van der Waals surface area contributed by atoms with Gasteiger partial charge in [-0.25, -0.2) is 17.6 Å². The summed E-state index contributed by atoms with van der Waals surface area (Å²) in [7, 11) is -3.31. The fraction of sp³-hybridized carbons (Fsp3) is 0.238. The number of aromatic nitrogens is 1. The van der Waals surface area contributed by atoms with E-state index in [2.05, 4.69) is 10.3 Å². The van der Waals surface area contributed by atoms with Gasteiger partial charge in [-0.1, -0.05) is 12.1 Å². The van der Waals surface area contributed by atoms with Crippen molar-refractivity contribution in [1.82, 2.24) is 4.98 Å². The number of fused-ring (bicyclic) bond motifs is 1. The topological polar surface area (TPSA) is 85.4 Å². The van der Waals surface area contributed by atoms with E-state index in [1.165, 1.54) is 24.4 Å². The summed E-state index contributed by atoms with van der Waals surface area (Å²) in [6.45, 7) is 3.92. The van der Waals surface area contributed by atoms with E-state index in [0.29, 0.717) is 28.7 Å². The SMILES string of the molecule is CCOC(=O)c1cnc2ccc(F)cc2c1NCc1ccc(S(C)(=O)=O)c(C)c1. The molecule has 0 saturated carbocycles. The van der Waals surface area contributed by atoms with Crippen LogP contribution in [0, 0.1) is 12.7 Å². The van der Waals surface area contributed by atoms with Crippen molar-refractivity contribution in [2.45, 2.75) is 25.3 Å². The molecule has 1 N–H and O–H groups in total. The van der Waals surface area contributed by atoms with Crippen LogP contribution in [0.25, 0.3) is 10.9 Å². The standard InChI is InChI=1S/C21H21FN2O4S/c1-4-28-21(25)17-12-23-18-7-6-15(22)10-16(18)20(17)24-11-14-5-8-19(13(2)9-14)29(3,26)27/h5-10,12H,4,11H2,1-3H3,(H,23,24). The Bertz CT molecular complexity index is 1190. The molecular formula is C21H21FN2O4S. The van der Waals surface area contributed by atoms with Crippen molar-refractivity contribution in [3.05, 3.63) is 65.1 Å². The van der Waals surface area contributed by atoms with Gasteiger partial charge in [0.15, 0.2) is 9.84 Å². The molecule has 2 aromatic carbocycles. The Labute approximate surface area is 168 Å². The number of carbonyl (C=O) groups is 1. The number of nitrogens with one attached hydrogen (secondary N) is 1. The van der Waals surface area contributed by atoms with Crippen molar-refractivity contribution in [2.24, 2.45) is 0 Å². The van der Waals surface area contributed by atoms with Crippen molar-refractivity contribution in [3.8, 4) is 0 Å². The largest absolute Gasteiger partial charge is 0.462 e. The van der Waals surface area contributed by atoms with Crippen LogP contribution in [-0.4, -0.2) is 32.2 Å². The van der Waals surface area contributed by atoms with Crippen LogP contribution in [0.2, 0.25) is 0 Å². The van der Waals surface area contributed by atoms with Crippen LogP contribution in [0.5, 0.6) is 0 Å². The molecule has 29 heavy (non-hydrogen) atoms. The number of esters is 1. The number of nitrogens with zero attached hydrogens (tertiary/aromatic N) is 1. The second-order valence-electron chi connectivity index (χ2n) is 6.65. The smallest absolute Gasteiger partial charge is 0.341 e. The van der Waals surface area contributed by atoms with Crippen molar-refractivity contribution in [3.63, 3.8) is 0 Å². The Morgan fingerprint density at radius 3 is 2.62 bits per heavy atom. The van der Waals surface area contributed by atoms with E-state index in [0.717, 1.165) is 11.8 Å². The fourth-order valence-corrected chi connectivity index (χ4v) is 4.11. The van der Waals surface area contributed by atoms with Crippen molar-refractivity contribution in [2.75, 3.05) is 18.2 Å². The highest BCUT2D eigenvalue weighted by Crippen LogP contribution is 2.28. The summed E-state index contributed by atoms with van der Waals surface area (Å²) < 4.78 is 42.5. The summed E-state index contributed by atoms with van der Waals surface area (Å²) in [6.07, 6.45) is 2.56. The zero-order chi connectivity index (χ0) is 21.2. The van der Waals surface area contributed by atoms with Gasteiger partial charge in [0, 0.05) is 24.4 Å². The lowest BCUT2D eigenvalue weighted by molar-refractivity contribution is 0.0527. The molecule has 0 aliphatic rings. The molecule has 1 aromatic heterocycles. The number of aryl methyl sites for hydroxylation is 1. The maximum absolute atomic E-state index is 13.8. The van der Waals surface area contributed by atoms with Gasteiger partial charge in [-0.05, 0) is 49.2 Å².